The molecule has 0 radical (unpaired) electrons. The Balaban J connectivity index is 0.00000208. The largest absolute Gasteiger partial charge is 0.448 e. The van der Waals surface area contributed by atoms with Crippen LogP contribution in [0.5, 0.6) is 0 Å². The van der Waals surface area contributed by atoms with Gasteiger partial charge in [0, 0.05) is 6.54 Å². The Kier molecular flexibility index (Phi) is 6.37. The first-order valence-corrected chi connectivity index (χ1v) is 8.81. The van der Waals surface area contributed by atoms with E-state index in [1.165, 1.54) is 25.7 Å². The number of fused-ring (bicyclic) bond motifs is 1. The predicted octanol–water partition coefficient (Wildman–Crippen LogP) is 3.29. The highest BCUT2D eigenvalue weighted by Gasteiger charge is 2.52. The van der Waals surface area contributed by atoms with Crippen molar-refractivity contribution in [2.45, 2.75) is 50.5 Å². The number of carbonyl (C=O) groups excluding carboxylic acids is 2. The minimum atomic E-state index is -0.570. The SMILES string of the molecule is CN(C)CCOC(=O)N1CC2(CC[C@@H]3CCCC[C@H]3C2)OC1=O.Cl. The normalized spacial score (nSPS) is 32.3. The van der Waals surface area contributed by atoms with E-state index in [2.05, 4.69) is 0 Å². The summed E-state index contributed by atoms with van der Waals surface area (Å²) < 4.78 is 10.9. The minimum Gasteiger partial charge on any atom is -0.448 e. The maximum Gasteiger partial charge on any atom is 0.420 e. The lowest BCUT2D eigenvalue weighted by molar-refractivity contribution is -0.0233. The van der Waals surface area contributed by atoms with Crippen molar-refractivity contribution in [2.75, 3.05) is 33.8 Å². The van der Waals surface area contributed by atoms with E-state index in [-0.39, 0.29) is 19.0 Å². The number of nitrogens with zero attached hydrogens (tertiary/aromatic N) is 2. The van der Waals surface area contributed by atoms with E-state index in [9.17, 15) is 9.59 Å². The van der Waals surface area contributed by atoms with Gasteiger partial charge in [0.2, 0.25) is 0 Å². The van der Waals surface area contributed by atoms with Gasteiger partial charge in [-0.15, -0.1) is 12.4 Å². The molecule has 2 aliphatic carbocycles. The second-order valence-electron chi connectivity index (χ2n) is 7.60. The number of carbonyl (C=O) groups is 2. The zero-order valence-corrected chi connectivity index (χ0v) is 15.5. The standard InChI is InChI=1S/C17H28N2O4.ClH/c1-18(2)9-10-22-15(20)19-12-17(23-16(19)21)8-7-13-5-3-4-6-14(13)11-17;/h13-14H,3-12H2,1-2H3;1H/t13-,14-,17?;/m0./s1. The van der Waals surface area contributed by atoms with E-state index in [4.69, 9.17) is 9.47 Å². The maximum atomic E-state index is 12.1. The molecule has 1 aliphatic heterocycles. The fraction of sp³-hybridized carbons (Fsp3) is 0.882. The number of halogens is 1. The summed E-state index contributed by atoms with van der Waals surface area (Å²) in [5.74, 6) is 1.43. The van der Waals surface area contributed by atoms with Gasteiger partial charge in [-0.1, -0.05) is 25.7 Å². The highest BCUT2D eigenvalue weighted by molar-refractivity contribution is 5.89. The monoisotopic (exact) mass is 360 g/mol. The Morgan fingerprint density at radius 2 is 2.00 bits per heavy atom. The molecule has 138 valence electrons. The molecule has 1 saturated heterocycles. The van der Waals surface area contributed by atoms with E-state index >= 15 is 0 Å². The molecule has 7 heteroatoms. The first-order chi connectivity index (χ1) is 11.0. The number of hydrogen-bond donors (Lipinski definition) is 0. The zero-order chi connectivity index (χ0) is 16.4. The lowest BCUT2D eigenvalue weighted by Crippen LogP contribution is -2.44. The second kappa shape index (κ2) is 7.91. The van der Waals surface area contributed by atoms with Crippen LogP contribution in [0.25, 0.3) is 0 Å². The molecule has 0 aromatic carbocycles. The summed E-state index contributed by atoms with van der Waals surface area (Å²) in [6, 6.07) is 0. The smallest absolute Gasteiger partial charge is 0.420 e. The van der Waals surface area contributed by atoms with E-state index in [1.54, 1.807) is 0 Å². The molecule has 6 nitrogen and oxygen atoms in total. The first kappa shape index (κ1) is 19.3. The molecule has 1 heterocycles. The third kappa shape index (κ3) is 4.14. The Hall–Kier alpha value is -1.01. The molecule has 3 fully saturated rings. The minimum absolute atomic E-state index is 0. The van der Waals surface area contributed by atoms with Crippen LogP contribution in [0.4, 0.5) is 9.59 Å². The average Bonchev–Trinajstić information content (AvgIpc) is 2.83. The Labute approximate surface area is 150 Å². The molecular formula is C17H29ClN2O4. The first-order valence-electron chi connectivity index (χ1n) is 8.81. The fourth-order valence-electron chi connectivity index (χ4n) is 4.36. The van der Waals surface area contributed by atoms with Gasteiger partial charge in [0.05, 0.1) is 6.54 Å². The summed E-state index contributed by atoms with van der Waals surface area (Å²) in [6.07, 6.45) is 6.95. The number of imide groups is 1. The number of ether oxygens (including phenoxy) is 2. The van der Waals surface area contributed by atoms with Crippen molar-refractivity contribution in [1.29, 1.82) is 0 Å². The third-order valence-corrected chi connectivity index (χ3v) is 5.63. The van der Waals surface area contributed by atoms with Crippen molar-refractivity contribution in [3.63, 3.8) is 0 Å². The van der Waals surface area contributed by atoms with Crippen molar-refractivity contribution in [3.05, 3.63) is 0 Å². The van der Waals surface area contributed by atoms with Crippen molar-refractivity contribution in [1.82, 2.24) is 9.80 Å². The molecule has 0 bridgehead atoms. The molecule has 0 aromatic heterocycles. The Morgan fingerprint density at radius 3 is 2.71 bits per heavy atom. The van der Waals surface area contributed by atoms with Crippen molar-refractivity contribution >= 4 is 24.6 Å². The third-order valence-electron chi connectivity index (χ3n) is 5.63. The summed E-state index contributed by atoms with van der Waals surface area (Å²) in [5, 5.41) is 0. The predicted molar refractivity (Wildman–Crippen MR) is 92.4 cm³/mol. The van der Waals surface area contributed by atoms with Crippen LogP contribution < -0.4 is 0 Å². The van der Waals surface area contributed by atoms with Gasteiger partial charge in [0.1, 0.15) is 12.2 Å². The van der Waals surface area contributed by atoms with E-state index in [0.29, 0.717) is 19.0 Å². The maximum absolute atomic E-state index is 12.1. The van der Waals surface area contributed by atoms with E-state index < -0.39 is 17.8 Å². The number of likely N-dealkylation sites (N-methyl/N-ethyl adjacent to an activating group) is 1. The van der Waals surface area contributed by atoms with Crippen LogP contribution in [0, 0.1) is 11.8 Å². The quantitative estimate of drug-likeness (QED) is 0.772. The van der Waals surface area contributed by atoms with Crippen molar-refractivity contribution < 1.29 is 19.1 Å². The lowest BCUT2D eigenvalue weighted by atomic mass is 9.66. The van der Waals surface area contributed by atoms with Gasteiger partial charge in [-0.25, -0.2) is 14.5 Å². The summed E-state index contributed by atoms with van der Waals surface area (Å²) >= 11 is 0. The van der Waals surface area contributed by atoms with Crippen LogP contribution in [0.15, 0.2) is 0 Å². The Morgan fingerprint density at radius 1 is 1.29 bits per heavy atom. The molecular weight excluding hydrogens is 332 g/mol. The number of rotatable bonds is 3. The summed E-state index contributed by atoms with van der Waals surface area (Å²) in [7, 11) is 3.82. The second-order valence-corrected chi connectivity index (χ2v) is 7.60. The summed E-state index contributed by atoms with van der Waals surface area (Å²) in [4.78, 5) is 27.4. The topological polar surface area (TPSA) is 59.1 Å². The number of amides is 2. The van der Waals surface area contributed by atoms with Gasteiger partial charge in [0.25, 0.3) is 0 Å². The molecule has 1 unspecified atom stereocenters. The Bertz CT molecular complexity index is 474. The van der Waals surface area contributed by atoms with Crippen LogP contribution >= 0.6 is 12.4 Å². The van der Waals surface area contributed by atoms with Gasteiger partial charge in [-0.05, 0) is 45.2 Å². The summed E-state index contributed by atoms with van der Waals surface area (Å²) in [6.45, 7) is 1.28. The van der Waals surface area contributed by atoms with Crippen LogP contribution in [-0.4, -0.2) is 61.4 Å². The van der Waals surface area contributed by atoms with Gasteiger partial charge < -0.3 is 14.4 Å². The molecule has 1 spiro atoms. The summed E-state index contributed by atoms with van der Waals surface area (Å²) in [5.41, 5.74) is -0.462. The molecule has 2 saturated carbocycles. The van der Waals surface area contributed by atoms with E-state index in [0.717, 1.165) is 30.1 Å². The highest BCUT2D eigenvalue weighted by Crippen LogP contribution is 2.47. The van der Waals surface area contributed by atoms with Crippen LogP contribution in [-0.2, 0) is 9.47 Å². The molecule has 24 heavy (non-hydrogen) atoms. The van der Waals surface area contributed by atoms with E-state index in [1.807, 2.05) is 19.0 Å². The molecule has 0 aromatic rings. The van der Waals surface area contributed by atoms with Gasteiger partial charge in [0.15, 0.2) is 0 Å². The molecule has 3 rings (SSSR count). The van der Waals surface area contributed by atoms with Crippen LogP contribution in [0.2, 0.25) is 0 Å². The van der Waals surface area contributed by atoms with Gasteiger partial charge in [-0.3, -0.25) is 0 Å². The van der Waals surface area contributed by atoms with Crippen LogP contribution in [0.1, 0.15) is 44.9 Å². The molecule has 3 atom stereocenters. The fourth-order valence-corrected chi connectivity index (χ4v) is 4.36. The molecule has 3 aliphatic rings. The van der Waals surface area contributed by atoms with Gasteiger partial charge >= 0.3 is 12.2 Å². The van der Waals surface area contributed by atoms with Crippen LogP contribution in [0.3, 0.4) is 0 Å². The molecule has 2 amide bonds. The van der Waals surface area contributed by atoms with Crippen molar-refractivity contribution in [2.24, 2.45) is 11.8 Å². The lowest BCUT2D eigenvalue weighted by Gasteiger charge is -2.43. The van der Waals surface area contributed by atoms with Gasteiger partial charge in [-0.2, -0.15) is 0 Å². The molecule has 0 N–H and O–H groups in total. The highest BCUT2D eigenvalue weighted by atomic mass is 35.5. The zero-order valence-electron chi connectivity index (χ0n) is 14.7. The van der Waals surface area contributed by atoms with Crippen molar-refractivity contribution in [3.8, 4) is 0 Å². The number of hydrogen-bond acceptors (Lipinski definition) is 5. The average molecular weight is 361 g/mol.